The summed E-state index contributed by atoms with van der Waals surface area (Å²) in [5.41, 5.74) is 0.0806. The van der Waals surface area contributed by atoms with Crippen molar-refractivity contribution in [1.29, 1.82) is 0 Å². The molecule has 10 heteroatoms. The van der Waals surface area contributed by atoms with Crippen LogP contribution in [0.2, 0.25) is 0 Å². The second-order valence-corrected chi connectivity index (χ2v) is 6.77. The van der Waals surface area contributed by atoms with Gasteiger partial charge in [-0.15, -0.1) is 0 Å². The lowest BCUT2D eigenvalue weighted by Gasteiger charge is -2.17. The number of anilines is 1. The lowest BCUT2D eigenvalue weighted by atomic mass is 10.2. The Kier molecular flexibility index (Phi) is 5.92. The topological polar surface area (TPSA) is 75.1 Å². The number of nitrogens with one attached hydrogen (secondary N) is 1. The molecule has 0 saturated carbocycles. The Labute approximate surface area is 148 Å². The number of alkyl halides is 3. The zero-order chi connectivity index (χ0) is 17.9. The maximum atomic E-state index is 13.0. The van der Waals surface area contributed by atoms with E-state index in [2.05, 4.69) is 31.2 Å². The van der Waals surface area contributed by atoms with Crippen LogP contribution < -0.4 is 5.32 Å². The molecule has 2 N–H and O–H groups in total. The molecule has 0 aliphatic heterocycles. The molecule has 24 heavy (non-hydrogen) atoms. The molecule has 1 unspecified atom stereocenters. The highest BCUT2D eigenvalue weighted by Gasteiger charge is 2.36. The second-order valence-electron chi connectivity index (χ2n) is 4.87. The van der Waals surface area contributed by atoms with Crippen LogP contribution in [-0.4, -0.2) is 39.1 Å². The summed E-state index contributed by atoms with van der Waals surface area (Å²) < 4.78 is 39.6. The van der Waals surface area contributed by atoms with Crippen molar-refractivity contribution in [2.24, 2.45) is 0 Å². The average Bonchev–Trinajstić information content (AvgIpc) is 2.50. The first-order chi connectivity index (χ1) is 11.2. The third-order valence-electron chi connectivity index (χ3n) is 3.13. The highest BCUT2D eigenvalue weighted by molar-refractivity contribution is 9.10. The van der Waals surface area contributed by atoms with Gasteiger partial charge in [-0.2, -0.15) is 24.9 Å². The predicted molar refractivity (Wildman–Crippen MR) is 90.3 cm³/mol. The van der Waals surface area contributed by atoms with Crippen LogP contribution >= 0.6 is 27.7 Å². The molecule has 0 fully saturated rings. The number of hydrogen-bond acceptors (Lipinski definition) is 5. The van der Waals surface area contributed by atoms with Crippen LogP contribution in [0.1, 0.15) is 12.2 Å². The summed E-state index contributed by atoms with van der Waals surface area (Å²) in [7, 11) is 0. The van der Waals surface area contributed by atoms with Crippen molar-refractivity contribution >= 4 is 50.4 Å². The molecule has 130 valence electrons. The number of carboxylic acid groups (broad SMARTS) is 1. The fraction of sp³-hybridized carbons (Fsp3) is 0.357. The summed E-state index contributed by atoms with van der Waals surface area (Å²) in [4.78, 5) is 18.4. The number of aliphatic carboxylic acids is 1. The van der Waals surface area contributed by atoms with Gasteiger partial charge >= 0.3 is 12.1 Å². The summed E-state index contributed by atoms with van der Waals surface area (Å²) in [6.07, 6.45) is -2.66. The molecule has 0 saturated heterocycles. The highest BCUT2D eigenvalue weighted by atomic mass is 79.9. The number of halogens is 4. The number of fused-ring (bicyclic) bond motifs is 1. The van der Waals surface area contributed by atoms with E-state index >= 15 is 0 Å². The van der Waals surface area contributed by atoms with Gasteiger partial charge in [0.05, 0.1) is 5.52 Å². The van der Waals surface area contributed by atoms with Crippen molar-refractivity contribution in [3.63, 3.8) is 0 Å². The Bertz CT molecular complexity index is 758. The largest absolute Gasteiger partial charge is 0.480 e. The molecule has 0 aliphatic rings. The van der Waals surface area contributed by atoms with Gasteiger partial charge in [-0.1, -0.05) is 15.9 Å². The van der Waals surface area contributed by atoms with E-state index in [4.69, 9.17) is 0 Å². The van der Waals surface area contributed by atoms with E-state index in [1.54, 1.807) is 12.1 Å². The van der Waals surface area contributed by atoms with Crippen molar-refractivity contribution in [1.82, 2.24) is 9.97 Å². The molecular weight excluding hydrogens is 411 g/mol. The standard InChI is InChI=1S/C14H13BrF3N3O2S/c1-24-5-4-10(12(22)23)19-11-8-6-7(15)2-3-9(8)20-13(21-11)14(16,17)18/h2-3,6,10H,4-5H2,1H3,(H,22,23)(H,19,20,21). The number of nitrogens with zero attached hydrogens (tertiary/aromatic N) is 2. The van der Waals surface area contributed by atoms with Crippen molar-refractivity contribution in [3.05, 3.63) is 28.5 Å². The number of carboxylic acids is 1. The fourth-order valence-corrected chi connectivity index (χ4v) is 2.83. The van der Waals surface area contributed by atoms with E-state index < -0.39 is 24.0 Å². The minimum atomic E-state index is -4.73. The van der Waals surface area contributed by atoms with Crippen LogP contribution in [0.25, 0.3) is 10.9 Å². The van der Waals surface area contributed by atoms with Gasteiger partial charge in [0.25, 0.3) is 0 Å². The first-order valence-electron chi connectivity index (χ1n) is 6.75. The molecule has 0 bridgehead atoms. The molecule has 5 nitrogen and oxygen atoms in total. The van der Waals surface area contributed by atoms with Crippen molar-refractivity contribution < 1.29 is 23.1 Å². The average molecular weight is 424 g/mol. The number of benzene rings is 1. The molecule has 2 aromatic rings. The van der Waals surface area contributed by atoms with E-state index in [0.717, 1.165) is 0 Å². The molecule has 0 aliphatic carbocycles. The van der Waals surface area contributed by atoms with Gasteiger partial charge in [0, 0.05) is 9.86 Å². The van der Waals surface area contributed by atoms with Crippen molar-refractivity contribution in [2.75, 3.05) is 17.3 Å². The summed E-state index contributed by atoms with van der Waals surface area (Å²) in [6.45, 7) is 0. The first-order valence-corrected chi connectivity index (χ1v) is 8.94. The first kappa shape index (κ1) is 18.8. The molecular formula is C14H13BrF3N3O2S. The molecule has 1 aromatic carbocycles. The summed E-state index contributed by atoms with van der Waals surface area (Å²) in [6, 6.07) is 3.47. The Hall–Kier alpha value is -1.55. The van der Waals surface area contributed by atoms with E-state index in [9.17, 15) is 23.1 Å². The zero-order valence-corrected chi connectivity index (χ0v) is 14.8. The van der Waals surface area contributed by atoms with Gasteiger partial charge < -0.3 is 10.4 Å². The molecule has 1 heterocycles. The van der Waals surface area contributed by atoms with Crippen LogP contribution in [0.4, 0.5) is 19.0 Å². The lowest BCUT2D eigenvalue weighted by molar-refractivity contribution is -0.144. The molecule has 1 atom stereocenters. The number of rotatable bonds is 6. The highest BCUT2D eigenvalue weighted by Crippen LogP contribution is 2.31. The van der Waals surface area contributed by atoms with E-state index in [-0.39, 0.29) is 17.8 Å². The second kappa shape index (κ2) is 7.56. The van der Waals surface area contributed by atoms with E-state index in [1.807, 2.05) is 6.26 Å². The quantitative estimate of drug-likeness (QED) is 0.730. The predicted octanol–water partition coefficient (Wildman–Crippen LogP) is 4.03. The van der Waals surface area contributed by atoms with Gasteiger partial charge in [-0.05, 0) is 36.6 Å². The van der Waals surface area contributed by atoms with E-state index in [1.165, 1.54) is 17.8 Å². The van der Waals surface area contributed by atoms with Crippen LogP contribution in [0.15, 0.2) is 22.7 Å². The number of hydrogen-bond donors (Lipinski definition) is 2. The van der Waals surface area contributed by atoms with Gasteiger partial charge in [-0.3, -0.25) is 0 Å². The number of aromatic nitrogens is 2. The zero-order valence-electron chi connectivity index (χ0n) is 12.4. The third kappa shape index (κ3) is 4.50. The lowest BCUT2D eigenvalue weighted by Crippen LogP contribution is -2.31. The summed E-state index contributed by atoms with van der Waals surface area (Å²) in [5.74, 6) is -2.07. The summed E-state index contributed by atoms with van der Waals surface area (Å²) in [5, 5.41) is 12.2. The number of carbonyl (C=O) groups is 1. The van der Waals surface area contributed by atoms with Crippen LogP contribution in [0.5, 0.6) is 0 Å². The molecule has 0 spiro atoms. The normalized spacial score (nSPS) is 13.0. The monoisotopic (exact) mass is 423 g/mol. The molecule has 0 radical (unpaired) electrons. The smallest absolute Gasteiger partial charge is 0.451 e. The Morgan fingerprint density at radius 1 is 1.42 bits per heavy atom. The minimum Gasteiger partial charge on any atom is -0.480 e. The number of thioether (sulfide) groups is 1. The molecule has 0 amide bonds. The van der Waals surface area contributed by atoms with Gasteiger partial charge in [0.15, 0.2) is 0 Å². The fourth-order valence-electron chi connectivity index (χ4n) is 2.00. The Morgan fingerprint density at radius 2 is 2.12 bits per heavy atom. The van der Waals surface area contributed by atoms with E-state index in [0.29, 0.717) is 15.6 Å². The van der Waals surface area contributed by atoms with Crippen LogP contribution in [-0.2, 0) is 11.0 Å². The maximum Gasteiger partial charge on any atom is 0.451 e. The van der Waals surface area contributed by atoms with Crippen LogP contribution in [0.3, 0.4) is 0 Å². The van der Waals surface area contributed by atoms with Gasteiger partial charge in [-0.25, -0.2) is 14.8 Å². The minimum absolute atomic E-state index is 0.0806. The van der Waals surface area contributed by atoms with Gasteiger partial charge in [0.1, 0.15) is 11.9 Å². The Morgan fingerprint density at radius 3 is 2.71 bits per heavy atom. The summed E-state index contributed by atoms with van der Waals surface area (Å²) >= 11 is 4.68. The third-order valence-corrected chi connectivity index (χ3v) is 4.27. The maximum absolute atomic E-state index is 13.0. The van der Waals surface area contributed by atoms with Crippen molar-refractivity contribution in [3.8, 4) is 0 Å². The van der Waals surface area contributed by atoms with Gasteiger partial charge in [0.2, 0.25) is 5.82 Å². The van der Waals surface area contributed by atoms with Crippen molar-refractivity contribution in [2.45, 2.75) is 18.6 Å². The molecule has 1 aromatic heterocycles. The Balaban J connectivity index is 2.52. The van der Waals surface area contributed by atoms with Crippen LogP contribution in [0, 0.1) is 0 Å². The SMILES string of the molecule is CSCCC(Nc1nc(C(F)(F)F)nc2ccc(Br)cc12)C(=O)O. The molecule has 2 rings (SSSR count).